The summed E-state index contributed by atoms with van der Waals surface area (Å²) in [5, 5.41) is 10.2. The van der Waals surface area contributed by atoms with Crippen LogP contribution in [0.3, 0.4) is 0 Å². The van der Waals surface area contributed by atoms with Crippen molar-refractivity contribution in [3.05, 3.63) is 35.9 Å². The quantitative estimate of drug-likeness (QED) is 0.540. The monoisotopic (exact) mass is 422 g/mol. The Morgan fingerprint density at radius 1 is 0.967 bits per heavy atom. The molecule has 160 valence electrons. The minimum Gasteiger partial charge on any atom is -0.388 e. The smallest absolute Gasteiger partial charge is 0.148 e. The van der Waals surface area contributed by atoms with Crippen LogP contribution in [0.2, 0.25) is 16.6 Å². The van der Waals surface area contributed by atoms with E-state index in [1.165, 1.54) is 0 Å². The van der Waals surface area contributed by atoms with Gasteiger partial charge in [-0.3, -0.25) is 0 Å². The van der Waals surface area contributed by atoms with Gasteiger partial charge in [-0.1, -0.05) is 77.8 Å². The van der Waals surface area contributed by atoms with Crippen LogP contribution in [0.15, 0.2) is 30.3 Å². The first-order valence-corrected chi connectivity index (χ1v) is 13.0. The Morgan fingerprint density at radius 3 is 2.17 bits per heavy atom. The Bertz CT molecular complexity index is 834. The Balaban J connectivity index is 2.04. The molecule has 0 aliphatic carbocycles. The van der Waals surface area contributed by atoms with Gasteiger partial charge in [-0.25, -0.2) is 0 Å². The lowest BCUT2D eigenvalue weighted by molar-refractivity contribution is -0.0317. The molecule has 2 rings (SSSR count). The van der Waals surface area contributed by atoms with Crippen molar-refractivity contribution in [3.8, 4) is 35.1 Å². The lowest BCUT2D eigenvalue weighted by Crippen LogP contribution is -2.43. The van der Waals surface area contributed by atoms with E-state index in [-0.39, 0.29) is 6.61 Å². The van der Waals surface area contributed by atoms with Gasteiger partial charge in [-0.2, -0.15) is 0 Å². The summed E-state index contributed by atoms with van der Waals surface area (Å²) in [6.07, 6.45) is -1.65. The van der Waals surface area contributed by atoms with Gasteiger partial charge in [0.1, 0.15) is 26.4 Å². The molecule has 3 atom stereocenters. The molecule has 0 spiro atoms. The van der Waals surface area contributed by atoms with Gasteiger partial charge < -0.3 is 14.6 Å². The van der Waals surface area contributed by atoms with E-state index in [9.17, 15) is 5.11 Å². The van der Waals surface area contributed by atoms with Crippen LogP contribution in [0.5, 0.6) is 0 Å². The van der Waals surface area contributed by atoms with E-state index in [0.717, 1.165) is 5.56 Å². The Kier molecular flexibility index (Phi) is 9.23. The van der Waals surface area contributed by atoms with Crippen molar-refractivity contribution >= 4 is 8.07 Å². The largest absolute Gasteiger partial charge is 0.388 e. The Hall–Kier alpha value is -2.00. The number of ether oxygens (including phenoxy) is 2. The van der Waals surface area contributed by atoms with Crippen molar-refractivity contribution in [2.45, 2.75) is 83.1 Å². The van der Waals surface area contributed by atoms with Crippen LogP contribution in [0.25, 0.3) is 0 Å². The Labute approximate surface area is 183 Å². The molecule has 0 unspecified atom stereocenters. The Morgan fingerprint density at radius 2 is 1.57 bits per heavy atom. The third-order valence-corrected chi connectivity index (χ3v) is 12.2. The van der Waals surface area contributed by atoms with E-state index in [1.807, 2.05) is 30.3 Å². The maximum Gasteiger partial charge on any atom is 0.148 e. The second kappa shape index (κ2) is 11.4. The molecule has 0 saturated carbocycles. The van der Waals surface area contributed by atoms with Crippen molar-refractivity contribution in [2.75, 3.05) is 6.61 Å². The molecule has 0 aromatic heterocycles. The molecule has 0 bridgehead atoms. The van der Waals surface area contributed by atoms with Crippen LogP contribution in [-0.2, 0) is 16.1 Å². The first-order chi connectivity index (χ1) is 14.3. The van der Waals surface area contributed by atoms with Crippen LogP contribution in [-0.4, -0.2) is 38.1 Å². The molecule has 1 fully saturated rings. The van der Waals surface area contributed by atoms with Crippen molar-refractivity contribution in [2.24, 2.45) is 0 Å². The standard InChI is InChI=1S/C26H34O3Si/c1-20(2)30(21(3)4,22(5)6)17-13-8-7-12-16-25-26(24(27)19-28-25)29-18-23-14-10-9-11-15-23/h9-11,14-15,20-22,24-27H,18-19H2,1-6H3/t24-,25+,26+/m1/s1. The van der Waals surface area contributed by atoms with Crippen molar-refractivity contribution < 1.29 is 14.6 Å². The molecule has 1 aliphatic heterocycles. The van der Waals surface area contributed by atoms with Gasteiger partial charge in [0.2, 0.25) is 0 Å². The molecular formula is C26H34O3Si. The highest BCUT2D eigenvalue weighted by molar-refractivity contribution is 6.90. The minimum absolute atomic E-state index is 0.220. The predicted octanol–water partition coefficient (Wildman–Crippen LogP) is 4.56. The lowest BCUT2D eigenvalue weighted by atomic mass is 10.1. The number of rotatable bonds is 6. The zero-order valence-corrected chi connectivity index (χ0v) is 20.0. The molecule has 3 nitrogen and oxygen atoms in total. The van der Waals surface area contributed by atoms with Crippen LogP contribution >= 0.6 is 0 Å². The fraction of sp³-hybridized carbons (Fsp3) is 0.538. The molecule has 4 heteroatoms. The van der Waals surface area contributed by atoms with Crippen LogP contribution in [0, 0.1) is 35.1 Å². The van der Waals surface area contributed by atoms with E-state index in [1.54, 1.807) is 0 Å². The maximum absolute atomic E-state index is 10.2. The molecule has 1 aliphatic rings. The fourth-order valence-electron chi connectivity index (χ4n) is 4.42. The van der Waals surface area contributed by atoms with Crippen molar-refractivity contribution in [1.82, 2.24) is 0 Å². The zero-order chi connectivity index (χ0) is 22.1. The molecular weight excluding hydrogens is 388 g/mol. The molecule has 1 N–H and O–H groups in total. The maximum atomic E-state index is 10.2. The average molecular weight is 423 g/mol. The molecule has 0 amide bonds. The fourth-order valence-corrected chi connectivity index (χ4v) is 9.57. The summed E-state index contributed by atoms with van der Waals surface area (Å²) in [5.41, 5.74) is 6.35. The first-order valence-electron chi connectivity index (χ1n) is 10.8. The van der Waals surface area contributed by atoms with Gasteiger partial charge in [-0.15, -0.1) is 5.54 Å². The van der Waals surface area contributed by atoms with Gasteiger partial charge >= 0.3 is 0 Å². The van der Waals surface area contributed by atoms with Crippen molar-refractivity contribution in [3.63, 3.8) is 0 Å². The van der Waals surface area contributed by atoms with Crippen LogP contribution in [0.1, 0.15) is 47.1 Å². The van der Waals surface area contributed by atoms with Gasteiger partial charge in [0, 0.05) is 0 Å². The summed E-state index contributed by atoms with van der Waals surface area (Å²) in [4.78, 5) is 0. The first kappa shape index (κ1) is 24.3. The normalized spacial score (nSPS) is 20.9. The number of hydrogen-bond acceptors (Lipinski definition) is 3. The highest BCUT2D eigenvalue weighted by atomic mass is 28.3. The number of hydrogen-bond donors (Lipinski definition) is 1. The summed E-state index contributed by atoms with van der Waals surface area (Å²) < 4.78 is 11.4. The highest BCUT2D eigenvalue weighted by Crippen LogP contribution is 2.40. The number of aliphatic hydroxyl groups excluding tert-OH is 1. The van der Waals surface area contributed by atoms with Gasteiger partial charge in [0.25, 0.3) is 0 Å². The number of benzene rings is 1. The van der Waals surface area contributed by atoms with E-state index in [2.05, 4.69) is 76.7 Å². The molecule has 1 aromatic carbocycles. The summed E-state index contributed by atoms with van der Waals surface area (Å²) in [7, 11) is -1.77. The summed E-state index contributed by atoms with van der Waals surface area (Å²) >= 11 is 0. The molecule has 1 heterocycles. The molecule has 1 aromatic rings. The molecule has 0 radical (unpaired) electrons. The van der Waals surface area contributed by atoms with Crippen molar-refractivity contribution in [1.29, 1.82) is 0 Å². The minimum atomic E-state index is -1.77. The van der Waals surface area contributed by atoms with E-state index < -0.39 is 26.4 Å². The third kappa shape index (κ3) is 6.01. The second-order valence-electron chi connectivity index (χ2n) is 8.75. The van der Waals surface area contributed by atoms with E-state index >= 15 is 0 Å². The van der Waals surface area contributed by atoms with Crippen LogP contribution in [0.4, 0.5) is 0 Å². The van der Waals surface area contributed by atoms with Gasteiger partial charge in [0.05, 0.1) is 13.2 Å². The van der Waals surface area contributed by atoms with Gasteiger partial charge in [0.15, 0.2) is 0 Å². The zero-order valence-electron chi connectivity index (χ0n) is 19.0. The van der Waals surface area contributed by atoms with E-state index in [0.29, 0.717) is 23.2 Å². The molecule has 30 heavy (non-hydrogen) atoms. The topological polar surface area (TPSA) is 38.7 Å². The van der Waals surface area contributed by atoms with Gasteiger partial charge in [-0.05, 0) is 45.9 Å². The summed E-state index contributed by atoms with van der Waals surface area (Å²) in [6.45, 7) is 14.3. The predicted molar refractivity (Wildman–Crippen MR) is 125 cm³/mol. The average Bonchev–Trinajstić information content (AvgIpc) is 3.05. The summed E-state index contributed by atoms with van der Waals surface area (Å²) in [5.74, 6) is 14.6. The van der Waals surface area contributed by atoms with E-state index in [4.69, 9.17) is 9.47 Å². The highest BCUT2D eigenvalue weighted by Gasteiger charge is 2.41. The number of aliphatic hydroxyl groups is 1. The van der Waals surface area contributed by atoms with Crippen LogP contribution < -0.4 is 0 Å². The molecule has 1 saturated heterocycles. The second-order valence-corrected chi connectivity index (χ2v) is 14.3. The SMILES string of the molecule is CC(C)[Si](C#CC#CC#C[C@@H]1OC[C@@H](O)[C@@H]1OCc1ccccc1)(C(C)C)C(C)C. The summed E-state index contributed by atoms with van der Waals surface area (Å²) in [6, 6.07) is 9.86. The third-order valence-electron chi connectivity index (χ3n) is 5.96. The lowest BCUT2D eigenvalue weighted by Gasteiger charge is -2.37.